The molecule has 1 aliphatic heterocycles. The fraction of sp³-hybridized carbons (Fsp3) is 0.130. The summed E-state index contributed by atoms with van der Waals surface area (Å²) in [5, 5.41) is 13.0. The highest BCUT2D eigenvalue weighted by Crippen LogP contribution is 2.43. The standard InChI is InChI=1S/C23H18ClNO3S/c24-16-8-4-9-17(14-16)25-21(19-10-5-13-29-19)20(22(27)23(25)28)18(26)12-11-15-6-2-1-3-7-15/h1-10,13-14,21,27H,11-12H2. The third-order valence-electron chi connectivity index (χ3n) is 4.89. The minimum atomic E-state index is -0.663. The van der Waals surface area contributed by atoms with Gasteiger partial charge in [0.05, 0.1) is 5.57 Å². The molecule has 2 heterocycles. The molecule has 2 aromatic carbocycles. The number of halogens is 1. The molecule has 1 aliphatic rings. The fourth-order valence-corrected chi connectivity index (χ4v) is 4.54. The Morgan fingerprint density at radius 1 is 1.07 bits per heavy atom. The molecule has 1 unspecified atom stereocenters. The van der Waals surface area contributed by atoms with Gasteiger partial charge in [0.25, 0.3) is 5.91 Å². The van der Waals surface area contributed by atoms with E-state index in [9.17, 15) is 14.7 Å². The first kappa shape index (κ1) is 19.4. The van der Waals surface area contributed by atoms with Crippen LogP contribution < -0.4 is 4.90 Å². The molecular weight excluding hydrogens is 406 g/mol. The van der Waals surface area contributed by atoms with Gasteiger partial charge in [0.15, 0.2) is 11.5 Å². The van der Waals surface area contributed by atoms with Crippen molar-refractivity contribution < 1.29 is 14.7 Å². The third kappa shape index (κ3) is 3.84. The molecule has 0 aliphatic carbocycles. The third-order valence-corrected chi connectivity index (χ3v) is 6.05. The summed E-state index contributed by atoms with van der Waals surface area (Å²) in [6.45, 7) is 0. The highest BCUT2D eigenvalue weighted by atomic mass is 35.5. The molecule has 0 saturated heterocycles. The number of hydrogen-bond acceptors (Lipinski definition) is 4. The van der Waals surface area contributed by atoms with Crippen LogP contribution in [-0.2, 0) is 16.0 Å². The van der Waals surface area contributed by atoms with Gasteiger partial charge < -0.3 is 5.11 Å². The number of carbonyl (C=O) groups excluding carboxylic acids is 2. The molecule has 1 atom stereocenters. The van der Waals surface area contributed by atoms with E-state index >= 15 is 0 Å². The molecule has 6 heteroatoms. The summed E-state index contributed by atoms with van der Waals surface area (Å²) in [6, 6.07) is 19.6. The van der Waals surface area contributed by atoms with Crippen molar-refractivity contribution in [1.82, 2.24) is 0 Å². The summed E-state index contributed by atoms with van der Waals surface area (Å²) in [5.41, 5.74) is 1.72. The van der Waals surface area contributed by atoms with Gasteiger partial charge in [-0.25, -0.2) is 0 Å². The van der Waals surface area contributed by atoms with Crippen LogP contribution in [0, 0.1) is 0 Å². The molecule has 0 fully saturated rings. The van der Waals surface area contributed by atoms with E-state index in [0.717, 1.165) is 10.4 Å². The zero-order chi connectivity index (χ0) is 20.4. The van der Waals surface area contributed by atoms with Crippen LogP contribution in [-0.4, -0.2) is 16.8 Å². The number of thiophene rings is 1. The highest BCUT2D eigenvalue weighted by Gasteiger charge is 2.44. The second-order valence-electron chi connectivity index (χ2n) is 6.74. The van der Waals surface area contributed by atoms with Crippen LogP contribution in [0.5, 0.6) is 0 Å². The van der Waals surface area contributed by atoms with E-state index in [2.05, 4.69) is 0 Å². The lowest BCUT2D eigenvalue weighted by Gasteiger charge is -2.26. The molecule has 1 amide bonds. The lowest BCUT2D eigenvalue weighted by atomic mass is 9.97. The van der Waals surface area contributed by atoms with Crippen molar-refractivity contribution in [3.63, 3.8) is 0 Å². The van der Waals surface area contributed by atoms with Crippen molar-refractivity contribution >= 4 is 40.3 Å². The molecule has 29 heavy (non-hydrogen) atoms. The van der Waals surface area contributed by atoms with Crippen LogP contribution in [0.4, 0.5) is 5.69 Å². The van der Waals surface area contributed by atoms with Gasteiger partial charge in [-0.2, -0.15) is 0 Å². The number of Topliss-reactive ketones (excluding diaryl/α,β-unsaturated/α-hetero) is 1. The summed E-state index contributed by atoms with van der Waals surface area (Å²) >= 11 is 7.56. The van der Waals surface area contributed by atoms with E-state index in [1.54, 1.807) is 24.3 Å². The van der Waals surface area contributed by atoms with Crippen molar-refractivity contribution in [2.75, 3.05) is 4.90 Å². The number of aryl methyl sites for hydroxylation is 1. The topological polar surface area (TPSA) is 57.6 Å². The van der Waals surface area contributed by atoms with E-state index in [1.807, 2.05) is 47.8 Å². The van der Waals surface area contributed by atoms with E-state index < -0.39 is 17.7 Å². The molecule has 0 spiro atoms. The zero-order valence-corrected chi connectivity index (χ0v) is 17.0. The predicted molar refractivity (Wildman–Crippen MR) is 115 cm³/mol. The van der Waals surface area contributed by atoms with Crippen LogP contribution in [0.3, 0.4) is 0 Å². The van der Waals surface area contributed by atoms with Gasteiger partial charge in [-0.05, 0) is 41.6 Å². The lowest BCUT2D eigenvalue weighted by Crippen LogP contribution is -2.30. The second kappa shape index (κ2) is 8.23. The van der Waals surface area contributed by atoms with E-state index in [-0.39, 0.29) is 17.8 Å². The Morgan fingerprint density at radius 3 is 2.55 bits per heavy atom. The number of rotatable bonds is 6. The average Bonchev–Trinajstić information content (AvgIpc) is 3.34. The van der Waals surface area contributed by atoms with Gasteiger partial charge in [-0.1, -0.05) is 54.1 Å². The van der Waals surface area contributed by atoms with Crippen LogP contribution in [0.15, 0.2) is 83.4 Å². The Labute approximate surface area is 177 Å². The number of amides is 1. The largest absolute Gasteiger partial charge is 0.503 e. The molecule has 1 aromatic heterocycles. The highest BCUT2D eigenvalue weighted by molar-refractivity contribution is 7.10. The van der Waals surface area contributed by atoms with Crippen LogP contribution in [0.2, 0.25) is 5.02 Å². The summed E-state index contributed by atoms with van der Waals surface area (Å²) in [4.78, 5) is 28.3. The number of anilines is 1. The summed E-state index contributed by atoms with van der Waals surface area (Å²) in [7, 11) is 0. The SMILES string of the molecule is O=C(CCc1ccccc1)C1=C(O)C(=O)N(c2cccc(Cl)c2)C1c1cccs1. The maximum absolute atomic E-state index is 13.1. The monoisotopic (exact) mass is 423 g/mol. The first-order valence-electron chi connectivity index (χ1n) is 9.19. The number of benzene rings is 2. The Hall–Kier alpha value is -2.89. The number of ketones is 1. The Kier molecular flexibility index (Phi) is 5.51. The van der Waals surface area contributed by atoms with Crippen molar-refractivity contribution in [1.29, 1.82) is 0 Å². The van der Waals surface area contributed by atoms with Crippen LogP contribution in [0.1, 0.15) is 22.9 Å². The van der Waals surface area contributed by atoms with Crippen molar-refractivity contribution in [2.45, 2.75) is 18.9 Å². The van der Waals surface area contributed by atoms with Crippen molar-refractivity contribution in [2.24, 2.45) is 0 Å². The van der Waals surface area contributed by atoms with Gasteiger partial charge in [0.2, 0.25) is 0 Å². The van der Waals surface area contributed by atoms with Gasteiger partial charge in [-0.3, -0.25) is 14.5 Å². The summed E-state index contributed by atoms with van der Waals surface area (Å²) < 4.78 is 0. The van der Waals surface area contributed by atoms with Gasteiger partial charge in [0.1, 0.15) is 6.04 Å². The zero-order valence-electron chi connectivity index (χ0n) is 15.4. The molecule has 3 aromatic rings. The molecule has 4 rings (SSSR count). The Bertz CT molecular complexity index is 1080. The van der Waals surface area contributed by atoms with Crippen LogP contribution >= 0.6 is 22.9 Å². The predicted octanol–water partition coefficient (Wildman–Crippen LogP) is 5.50. The Morgan fingerprint density at radius 2 is 1.86 bits per heavy atom. The second-order valence-corrected chi connectivity index (χ2v) is 8.16. The number of carbonyl (C=O) groups is 2. The quantitative estimate of drug-likeness (QED) is 0.569. The molecule has 0 radical (unpaired) electrons. The molecular formula is C23H18ClNO3S. The van der Waals surface area contributed by atoms with E-state index in [1.165, 1.54) is 16.2 Å². The van der Waals surface area contributed by atoms with Crippen molar-refractivity contribution in [3.8, 4) is 0 Å². The Balaban J connectivity index is 1.69. The number of nitrogens with zero attached hydrogens (tertiary/aromatic N) is 1. The normalized spacial score (nSPS) is 16.5. The average molecular weight is 424 g/mol. The number of hydrogen-bond donors (Lipinski definition) is 1. The molecule has 0 bridgehead atoms. The molecule has 146 valence electrons. The maximum atomic E-state index is 13.1. The smallest absolute Gasteiger partial charge is 0.294 e. The molecule has 0 saturated carbocycles. The first-order chi connectivity index (χ1) is 14.1. The number of aliphatic hydroxyl groups excluding tert-OH is 1. The van der Waals surface area contributed by atoms with Gasteiger partial charge in [-0.15, -0.1) is 11.3 Å². The minimum Gasteiger partial charge on any atom is -0.503 e. The van der Waals surface area contributed by atoms with Crippen molar-refractivity contribution in [3.05, 3.63) is 98.9 Å². The fourth-order valence-electron chi connectivity index (χ4n) is 3.54. The number of aliphatic hydroxyl groups is 1. The van der Waals surface area contributed by atoms with E-state index in [0.29, 0.717) is 17.1 Å². The van der Waals surface area contributed by atoms with Gasteiger partial charge >= 0.3 is 0 Å². The van der Waals surface area contributed by atoms with Gasteiger partial charge in [0, 0.05) is 22.0 Å². The summed E-state index contributed by atoms with van der Waals surface area (Å²) in [5.74, 6) is -1.31. The van der Waals surface area contributed by atoms with Crippen LogP contribution in [0.25, 0.3) is 0 Å². The lowest BCUT2D eigenvalue weighted by molar-refractivity contribution is -0.118. The maximum Gasteiger partial charge on any atom is 0.294 e. The first-order valence-corrected chi connectivity index (χ1v) is 10.4. The van der Waals surface area contributed by atoms with E-state index in [4.69, 9.17) is 11.6 Å². The summed E-state index contributed by atoms with van der Waals surface area (Å²) in [6.07, 6.45) is 0.751. The molecule has 4 nitrogen and oxygen atoms in total. The molecule has 1 N–H and O–H groups in total. The minimum absolute atomic E-state index is 0.147.